The van der Waals surface area contributed by atoms with E-state index in [9.17, 15) is 14.4 Å². The van der Waals surface area contributed by atoms with E-state index in [2.05, 4.69) is 10.2 Å². The number of thioether (sulfide) groups is 1. The van der Waals surface area contributed by atoms with E-state index >= 15 is 0 Å². The van der Waals surface area contributed by atoms with E-state index in [1.165, 1.54) is 0 Å². The van der Waals surface area contributed by atoms with Crippen LogP contribution in [0.3, 0.4) is 0 Å². The number of nitrogens with one attached hydrogen (secondary N) is 1. The molecule has 2 heterocycles. The van der Waals surface area contributed by atoms with Gasteiger partial charge in [0.2, 0.25) is 11.8 Å². The highest BCUT2D eigenvalue weighted by Crippen LogP contribution is 2.34. The van der Waals surface area contributed by atoms with Crippen LogP contribution in [-0.2, 0) is 20.9 Å². The molecule has 0 bridgehead atoms. The maximum Gasteiger partial charge on any atom is 0.255 e. The number of imide groups is 1. The zero-order chi connectivity index (χ0) is 19.4. The van der Waals surface area contributed by atoms with Gasteiger partial charge in [0.1, 0.15) is 6.04 Å². The Morgan fingerprint density at radius 2 is 2.07 bits per heavy atom. The fourth-order valence-electron chi connectivity index (χ4n) is 3.25. The molecule has 27 heavy (non-hydrogen) atoms. The van der Waals surface area contributed by atoms with Gasteiger partial charge in [-0.05, 0) is 38.2 Å². The predicted octanol–water partition coefficient (Wildman–Crippen LogP) is 1.12. The van der Waals surface area contributed by atoms with Crippen LogP contribution in [0.25, 0.3) is 0 Å². The van der Waals surface area contributed by atoms with Crippen LogP contribution in [0.4, 0.5) is 0 Å². The fourth-order valence-corrected chi connectivity index (χ4v) is 4.20. The number of carbonyl (C=O) groups excluding carboxylic acids is 3. The van der Waals surface area contributed by atoms with Gasteiger partial charge in [-0.2, -0.15) is 0 Å². The molecule has 3 amide bonds. The number of rotatable bonds is 8. The Balaban J connectivity index is 1.60. The molecule has 3 rings (SSSR count). The molecule has 1 aromatic rings. The summed E-state index contributed by atoms with van der Waals surface area (Å²) in [6.07, 6.45) is 0.648. The van der Waals surface area contributed by atoms with E-state index in [4.69, 9.17) is 4.74 Å². The number of benzene rings is 1. The normalized spacial score (nSPS) is 19.6. The van der Waals surface area contributed by atoms with Gasteiger partial charge in [-0.25, -0.2) is 0 Å². The second-order valence-electron chi connectivity index (χ2n) is 6.95. The van der Waals surface area contributed by atoms with Crippen LogP contribution < -0.4 is 5.32 Å². The minimum Gasteiger partial charge on any atom is -0.379 e. The third-order valence-electron chi connectivity index (χ3n) is 4.71. The molecular weight excluding hydrogens is 366 g/mol. The van der Waals surface area contributed by atoms with E-state index in [1.807, 2.05) is 26.2 Å². The van der Waals surface area contributed by atoms with Crippen molar-refractivity contribution in [1.82, 2.24) is 15.1 Å². The lowest BCUT2D eigenvalue weighted by atomic mass is 10.0. The first kappa shape index (κ1) is 19.9. The van der Waals surface area contributed by atoms with Gasteiger partial charge in [0.25, 0.3) is 5.91 Å². The molecular formula is C19H25N3O4S. The van der Waals surface area contributed by atoms with Crippen LogP contribution in [0.1, 0.15) is 28.8 Å². The van der Waals surface area contributed by atoms with Crippen molar-refractivity contribution in [3.63, 3.8) is 0 Å². The number of piperidine rings is 1. The van der Waals surface area contributed by atoms with E-state index in [1.54, 1.807) is 22.7 Å². The molecule has 8 heteroatoms. The minimum atomic E-state index is -0.574. The van der Waals surface area contributed by atoms with Gasteiger partial charge in [-0.3, -0.25) is 19.7 Å². The van der Waals surface area contributed by atoms with Gasteiger partial charge in [0.05, 0.1) is 13.2 Å². The Labute approximate surface area is 163 Å². The summed E-state index contributed by atoms with van der Waals surface area (Å²) in [6, 6.07) is 5.11. The SMILES string of the molecule is CN(C)CCOCCSc1cccc2c1CN(C1CCC(=O)NC1=O)C2=O. The summed E-state index contributed by atoms with van der Waals surface area (Å²) in [5, 5.41) is 2.33. The number of nitrogens with zero attached hydrogens (tertiary/aromatic N) is 2. The van der Waals surface area contributed by atoms with Crippen molar-refractivity contribution in [3.8, 4) is 0 Å². The summed E-state index contributed by atoms with van der Waals surface area (Å²) < 4.78 is 5.62. The van der Waals surface area contributed by atoms with Gasteiger partial charge in [-0.1, -0.05) is 6.07 Å². The van der Waals surface area contributed by atoms with Gasteiger partial charge in [0.15, 0.2) is 0 Å². The van der Waals surface area contributed by atoms with Crippen molar-refractivity contribution in [3.05, 3.63) is 29.3 Å². The van der Waals surface area contributed by atoms with Crippen LogP contribution >= 0.6 is 11.8 Å². The quantitative estimate of drug-likeness (QED) is 0.406. The Hall–Kier alpha value is -1.90. The van der Waals surface area contributed by atoms with Gasteiger partial charge < -0.3 is 14.5 Å². The summed E-state index contributed by atoms with van der Waals surface area (Å²) >= 11 is 1.66. The van der Waals surface area contributed by atoms with Gasteiger partial charge in [0, 0.05) is 35.7 Å². The topological polar surface area (TPSA) is 79.0 Å². The minimum absolute atomic E-state index is 0.135. The zero-order valence-electron chi connectivity index (χ0n) is 15.7. The second kappa shape index (κ2) is 8.86. The molecule has 2 aliphatic heterocycles. The van der Waals surface area contributed by atoms with Gasteiger partial charge >= 0.3 is 0 Å². The standard InChI is InChI=1S/C19H25N3O4S/c1-21(2)8-9-26-10-11-27-16-5-3-4-13-14(16)12-22(19(13)25)15-6-7-17(23)20-18(15)24/h3-5,15H,6-12H2,1-2H3,(H,20,23,24). The number of carbonyl (C=O) groups is 3. The van der Waals surface area contributed by atoms with E-state index in [0.29, 0.717) is 31.7 Å². The third-order valence-corrected chi connectivity index (χ3v) is 5.77. The second-order valence-corrected chi connectivity index (χ2v) is 8.08. The summed E-state index contributed by atoms with van der Waals surface area (Å²) in [5.41, 5.74) is 1.61. The summed E-state index contributed by atoms with van der Waals surface area (Å²) in [5.74, 6) is 0.0160. The lowest BCUT2D eigenvalue weighted by Gasteiger charge is -2.29. The molecule has 0 radical (unpaired) electrons. The average molecular weight is 391 g/mol. The molecule has 1 unspecified atom stereocenters. The summed E-state index contributed by atoms with van der Waals surface area (Å²) in [7, 11) is 4.02. The monoisotopic (exact) mass is 391 g/mol. The average Bonchev–Trinajstić information content (AvgIpc) is 2.95. The fraction of sp³-hybridized carbons (Fsp3) is 0.526. The van der Waals surface area contributed by atoms with Crippen molar-refractivity contribution in [2.45, 2.75) is 30.3 Å². The summed E-state index contributed by atoms with van der Waals surface area (Å²) in [4.78, 5) is 41.0. The number of hydrogen-bond donors (Lipinski definition) is 1. The van der Waals surface area contributed by atoms with Gasteiger partial charge in [-0.15, -0.1) is 11.8 Å². The summed E-state index contributed by atoms with van der Waals surface area (Å²) in [6.45, 7) is 2.64. The highest BCUT2D eigenvalue weighted by molar-refractivity contribution is 7.99. The van der Waals surface area contributed by atoms with Crippen LogP contribution in [0.15, 0.2) is 23.1 Å². The third kappa shape index (κ3) is 4.69. The molecule has 7 nitrogen and oxygen atoms in total. The van der Waals surface area contributed by atoms with E-state index in [0.717, 1.165) is 22.8 Å². The van der Waals surface area contributed by atoms with Crippen molar-refractivity contribution in [1.29, 1.82) is 0 Å². The molecule has 1 fully saturated rings. The first-order valence-electron chi connectivity index (χ1n) is 9.09. The highest BCUT2D eigenvalue weighted by Gasteiger charge is 2.39. The first-order chi connectivity index (χ1) is 13.0. The number of likely N-dealkylation sites (N-methyl/N-ethyl adjacent to an activating group) is 1. The van der Waals surface area contributed by atoms with Crippen molar-refractivity contribution in [2.24, 2.45) is 0 Å². The molecule has 1 atom stereocenters. The molecule has 0 saturated carbocycles. The van der Waals surface area contributed by atoms with E-state index in [-0.39, 0.29) is 24.1 Å². The van der Waals surface area contributed by atoms with Crippen LogP contribution in [-0.4, -0.2) is 73.2 Å². The number of hydrogen-bond acceptors (Lipinski definition) is 6. The number of ether oxygens (including phenoxy) is 1. The highest BCUT2D eigenvalue weighted by atomic mass is 32.2. The molecule has 1 N–H and O–H groups in total. The van der Waals surface area contributed by atoms with Crippen LogP contribution in [0.2, 0.25) is 0 Å². The molecule has 2 aliphatic rings. The Kier molecular flexibility index (Phi) is 6.51. The predicted molar refractivity (Wildman–Crippen MR) is 103 cm³/mol. The van der Waals surface area contributed by atoms with Crippen LogP contribution in [0.5, 0.6) is 0 Å². The van der Waals surface area contributed by atoms with Crippen molar-refractivity contribution < 1.29 is 19.1 Å². The largest absolute Gasteiger partial charge is 0.379 e. The zero-order valence-corrected chi connectivity index (χ0v) is 16.5. The molecule has 0 aromatic heterocycles. The Morgan fingerprint density at radius 3 is 2.81 bits per heavy atom. The maximum absolute atomic E-state index is 12.8. The molecule has 1 saturated heterocycles. The van der Waals surface area contributed by atoms with Crippen LogP contribution in [0, 0.1) is 0 Å². The molecule has 146 valence electrons. The molecule has 0 aliphatic carbocycles. The first-order valence-corrected chi connectivity index (χ1v) is 10.1. The smallest absolute Gasteiger partial charge is 0.255 e. The van der Waals surface area contributed by atoms with Crippen molar-refractivity contribution in [2.75, 3.05) is 39.6 Å². The number of amides is 3. The number of fused-ring (bicyclic) bond motifs is 1. The van der Waals surface area contributed by atoms with Crippen molar-refractivity contribution >= 4 is 29.5 Å². The Morgan fingerprint density at radius 1 is 1.26 bits per heavy atom. The lowest BCUT2D eigenvalue weighted by molar-refractivity contribution is -0.136. The molecule has 1 aromatic carbocycles. The lowest BCUT2D eigenvalue weighted by Crippen LogP contribution is -2.52. The maximum atomic E-state index is 12.8. The molecule has 0 spiro atoms. The Bertz CT molecular complexity index is 738. The van der Waals surface area contributed by atoms with E-state index < -0.39 is 6.04 Å².